The van der Waals surface area contributed by atoms with Crippen LogP contribution >= 0.6 is 0 Å². The molecule has 3 aromatic rings. The second kappa shape index (κ2) is 7.92. The Labute approximate surface area is 182 Å². The summed E-state index contributed by atoms with van der Waals surface area (Å²) < 4.78 is 47.3. The first-order chi connectivity index (χ1) is 15.1. The van der Waals surface area contributed by atoms with E-state index in [9.17, 15) is 18.0 Å². The molecule has 2 aromatic heterocycles. The highest BCUT2D eigenvalue weighted by Crippen LogP contribution is 2.41. The van der Waals surface area contributed by atoms with E-state index in [0.29, 0.717) is 11.1 Å². The number of nitrogens with zero attached hydrogens (tertiary/aromatic N) is 4. The number of alkyl halides is 3. The average Bonchev–Trinajstić information content (AvgIpc) is 3.22. The van der Waals surface area contributed by atoms with E-state index in [1.807, 2.05) is 24.3 Å². The monoisotopic (exact) mass is 445 g/mol. The molecule has 168 valence electrons. The number of hydrogen-bond acceptors (Lipinski definition) is 5. The molecule has 7 nitrogen and oxygen atoms in total. The van der Waals surface area contributed by atoms with Crippen LogP contribution in [0, 0.1) is 0 Å². The molecule has 0 saturated heterocycles. The molecule has 1 aromatic carbocycles. The number of carbonyl (C=O) groups excluding carboxylic acids is 1. The van der Waals surface area contributed by atoms with Gasteiger partial charge in [0.2, 0.25) is 5.88 Å². The van der Waals surface area contributed by atoms with Crippen molar-refractivity contribution in [1.29, 1.82) is 0 Å². The lowest BCUT2D eigenvalue weighted by atomic mass is 9.71. The van der Waals surface area contributed by atoms with Crippen LogP contribution in [0.3, 0.4) is 0 Å². The van der Waals surface area contributed by atoms with Crippen LogP contribution in [0.1, 0.15) is 59.9 Å². The van der Waals surface area contributed by atoms with Gasteiger partial charge in [-0.3, -0.25) is 4.79 Å². The predicted molar refractivity (Wildman–Crippen MR) is 110 cm³/mol. The summed E-state index contributed by atoms with van der Waals surface area (Å²) in [6.45, 7) is 4.23. The molecule has 32 heavy (non-hydrogen) atoms. The van der Waals surface area contributed by atoms with Gasteiger partial charge in [0.1, 0.15) is 0 Å². The SMILES string of the molecule is COc1ccc(-n2ncc(C(=O)NC3CCC(C)(C)c4ccccc43)c2C(F)(F)F)nn1. The second-order valence-electron chi connectivity index (χ2n) is 8.29. The number of fused-ring (bicyclic) bond motifs is 1. The van der Waals surface area contributed by atoms with Gasteiger partial charge in [-0.1, -0.05) is 38.1 Å². The van der Waals surface area contributed by atoms with Crippen LogP contribution in [0.15, 0.2) is 42.6 Å². The van der Waals surface area contributed by atoms with Crippen molar-refractivity contribution in [3.8, 4) is 11.7 Å². The number of halogens is 3. The molecule has 1 amide bonds. The maximum Gasteiger partial charge on any atom is 0.434 e. The van der Waals surface area contributed by atoms with Crippen molar-refractivity contribution in [2.75, 3.05) is 7.11 Å². The number of methoxy groups -OCH3 is 1. The molecule has 0 saturated carbocycles. The zero-order valence-electron chi connectivity index (χ0n) is 17.8. The van der Waals surface area contributed by atoms with Gasteiger partial charge >= 0.3 is 6.18 Å². The minimum absolute atomic E-state index is 0.0765. The Hall–Kier alpha value is -3.43. The van der Waals surface area contributed by atoms with Crippen molar-refractivity contribution in [2.45, 2.75) is 44.3 Å². The number of rotatable bonds is 4. The normalized spacial score (nSPS) is 17.5. The molecular weight excluding hydrogens is 423 g/mol. The fourth-order valence-electron chi connectivity index (χ4n) is 4.09. The van der Waals surface area contributed by atoms with Crippen molar-refractivity contribution in [1.82, 2.24) is 25.3 Å². The van der Waals surface area contributed by atoms with Gasteiger partial charge in [0.15, 0.2) is 11.5 Å². The van der Waals surface area contributed by atoms with Gasteiger partial charge in [-0.25, -0.2) is 4.68 Å². The lowest BCUT2D eigenvalue weighted by Gasteiger charge is -2.37. The van der Waals surface area contributed by atoms with Crippen LogP contribution < -0.4 is 10.1 Å². The van der Waals surface area contributed by atoms with Crippen LogP contribution in [-0.2, 0) is 11.6 Å². The number of aromatic nitrogens is 4. The predicted octanol–water partition coefficient (Wildman–Crippen LogP) is 4.23. The molecule has 1 atom stereocenters. The van der Waals surface area contributed by atoms with Crippen molar-refractivity contribution in [2.24, 2.45) is 0 Å². The summed E-state index contributed by atoms with van der Waals surface area (Å²) >= 11 is 0. The number of ether oxygens (including phenoxy) is 1. The van der Waals surface area contributed by atoms with E-state index in [4.69, 9.17) is 4.74 Å². The number of nitrogens with one attached hydrogen (secondary N) is 1. The molecule has 0 spiro atoms. The Morgan fingerprint density at radius 1 is 1.19 bits per heavy atom. The van der Waals surface area contributed by atoms with Gasteiger partial charge < -0.3 is 10.1 Å². The van der Waals surface area contributed by atoms with Gasteiger partial charge in [0.05, 0.1) is 24.9 Å². The summed E-state index contributed by atoms with van der Waals surface area (Å²) in [5, 5.41) is 14.0. The highest BCUT2D eigenvalue weighted by Gasteiger charge is 2.42. The molecule has 2 heterocycles. The Kier molecular flexibility index (Phi) is 5.39. The zero-order valence-corrected chi connectivity index (χ0v) is 17.8. The van der Waals surface area contributed by atoms with E-state index >= 15 is 0 Å². The molecular formula is C22H22F3N5O2. The van der Waals surface area contributed by atoms with Gasteiger partial charge in [-0.05, 0) is 35.4 Å². The lowest BCUT2D eigenvalue weighted by molar-refractivity contribution is -0.143. The minimum atomic E-state index is -4.84. The average molecular weight is 445 g/mol. The smallest absolute Gasteiger partial charge is 0.434 e. The maximum atomic E-state index is 13.9. The molecule has 0 radical (unpaired) electrons. The zero-order chi connectivity index (χ0) is 23.1. The van der Waals surface area contributed by atoms with E-state index in [1.54, 1.807) is 0 Å². The van der Waals surface area contributed by atoms with Crippen LogP contribution in [-0.4, -0.2) is 33.0 Å². The van der Waals surface area contributed by atoms with E-state index in [0.717, 1.165) is 23.7 Å². The van der Waals surface area contributed by atoms with Crippen molar-refractivity contribution < 1.29 is 22.7 Å². The summed E-state index contributed by atoms with van der Waals surface area (Å²) in [7, 11) is 1.37. The first-order valence-corrected chi connectivity index (χ1v) is 10.1. The fourth-order valence-corrected chi connectivity index (χ4v) is 4.09. The highest BCUT2D eigenvalue weighted by atomic mass is 19.4. The molecule has 1 aliphatic rings. The fraction of sp³-hybridized carbons (Fsp3) is 0.364. The Balaban J connectivity index is 1.68. The van der Waals surface area contributed by atoms with Crippen LogP contribution in [0.4, 0.5) is 13.2 Å². The number of amides is 1. The first kappa shape index (κ1) is 21.8. The summed E-state index contributed by atoms with van der Waals surface area (Å²) in [6, 6.07) is 9.95. The summed E-state index contributed by atoms with van der Waals surface area (Å²) in [5.74, 6) is -0.877. The Bertz CT molecular complexity index is 1140. The van der Waals surface area contributed by atoms with Crippen LogP contribution in [0.5, 0.6) is 5.88 Å². The van der Waals surface area contributed by atoms with Crippen LogP contribution in [0.25, 0.3) is 5.82 Å². The molecule has 10 heteroatoms. The molecule has 0 aliphatic heterocycles. The summed E-state index contributed by atoms with van der Waals surface area (Å²) in [5.41, 5.74) is 0.138. The number of benzene rings is 1. The van der Waals surface area contributed by atoms with Crippen molar-refractivity contribution in [3.63, 3.8) is 0 Å². The molecule has 1 N–H and O–H groups in total. The quantitative estimate of drug-likeness (QED) is 0.650. The van der Waals surface area contributed by atoms with E-state index in [2.05, 4.69) is 34.5 Å². The number of carbonyl (C=O) groups is 1. The van der Waals surface area contributed by atoms with Crippen LogP contribution in [0.2, 0.25) is 0 Å². The van der Waals surface area contributed by atoms with Gasteiger partial charge in [0.25, 0.3) is 5.91 Å². The van der Waals surface area contributed by atoms with Gasteiger partial charge in [-0.15, -0.1) is 10.2 Å². The molecule has 4 rings (SSSR count). The first-order valence-electron chi connectivity index (χ1n) is 10.1. The summed E-state index contributed by atoms with van der Waals surface area (Å²) in [6.07, 6.45) is -2.52. The molecule has 1 unspecified atom stereocenters. The maximum absolute atomic E-state index is 13.9. The van der Waals surface area contributed by atoms with E-state index < -0.39 is 29.4 Å². The lowest BCUT2D eigenvalue weighted by Crippen LogP contribution is -2.36. The standard InChI is InChI=1S/C22H22F3N5O2/c1-21(2)11-10-16(13-6-4-5-7-15(13)21)27-20(31)14-12-26-30(19(14)22(23,24)25)17-8-9-18(32-3)29-28-17/h4-9,12,16H,10-11H2,1-3H3,(H,27,31). The Morgan fingerprint density at radius 2 is 1.94 bits per heavy atom. The minimum Gasteiger partial charge on any atom is -0.480 e. The molecule has 0 fully saturated rings. The van der Waals surface area contributed by atoms with E-state index in [-0.39, 0.29) is 17.1 Å². The molecule has 1 aliphatic carbocycles. The van der Waals surface area contributed by atoms with Crippen molar-refractivity contribution >= 4 is 5.91 Å². The molecule has 0 bridgehead atoms. The second-order valence-corrected chi connectivity index (χ2v) is 8.29. The van der Waals surface area contributed by atoms with Crippen molar-refractivity contribution in [3.05, 3.63) is 65.0 Å². The summed E-state index contributed by atoms with van der Waals surface area (Å²) in [4.78, 5) is 13.0. The van der Waals surface area contributed by atoms with E-state index in [1.165, 1.54) is 19.2 Å². The largest absolute Gasteiger partial charge is 0.480 e. The Morgan fingerprint density at radius 3 is 2.59 bits per heavy atom. The third kappa shape index (κ3) is 3.92. The van der Waals surface area contributed by atoms with Gasteiger partial charge in [-0.2, -0.15) is 18.3 Å². The third-order valence-corrected chi connectivity index (χ3v) is 5.76. The third-order valence-electron chi connectivity index (χ3n) is 5.76. The highest BCUT2D eigenvalue weighted by molar-refractivity contribution is 5.95. The number of hydrogen-bond donors (Lipinski definition) is 1. The van der Waals surface area contributed by atoms with Gasteiger partial charge in [0, 0.05) is 6.07 Å². The topological polar surface area (TPSA) is 81.9 Å².